The fraction of sp³-hybridized carbons (Fsp3) is 0.227. The van der Waals surface area contributed by atoms with E-state index < -0.39 is 41.3 Å². The van der Waals surface area contributed by atoms with Gasteiger partial charge in [-0.2, -0.15) is 0 Å². The number of nitrogens with zero attached hydrogens (tertiary/aromatic N) is 1. The van der Waals surface area contributed by atoms with Gasteiger partial charge in [-0.25, -0.2) is 13.6 Å². The molecule has 0 atom stereocenters. The topological polar surface area (TPSA) is 88.9 Å². The highest BCUT2D eigenvalue weighted by Gasteiger charge is 2.20. The van der Waals surface area contributed by atoms with E-state index in [9.17, 15) is 23.2 Å². The number of hydrogen-bond donors (Lipinski definition) is 1. The van der Waals surface area contributed by atoms with Crippen molar-refractivity contribution in [2.45, 2.75) is 13.3 Å². The second-order valence-corrected chi connectivity index (χ2v) is 6.68. The largest absolute Gasteiger partial charge is 0.497 e. The fourth-order valence-corrected chi connectivity index (χ4v) is 3.10. The minimum atomic E-state index is -0.916. The lowest BCUT2D eigenvalue weighted by atomic mass is 10.1. The summed E-state index contributed by atoms with van der Waals surface area (Å²) in [6, 6.07) is 9.31. The first-order chi connectivity index (χ1) is 14.8. The van der Waals surface area contributed by atoms with Crippen LogP contribution in [0.25, 0.3) is 11.0 Å². The van der Waals surface area contributed by atoms with Crippen LogP contribution in [0.3, 0.4) is 0 Å². The van der Waals surface area contributed by atoms with Gasteiger partial charge in [0.15, 0.2) is 0 Å². The number of anilines is 1. The maximum Gasteiger partial charge on any atom is 0.336 e. The quantitative estimate of drug-likeness (QED) is 0.582. The van der Waals surface area contributed by atoms with Crippen LogP contribution in [0.1, 0.15) is 12.5 Å². The number of halogens is 2. The average molecular weight is 430 g/mol. The third kappa shape index (κ3) is 5.06. The van der Waals surface area contributed by atoms with Gasteiger partial charge in [0.05, 0.1) is 20.1 Å². The smallest absolute Gasteiger partial charge is 0.336 e. The molecule has 162 valence electrons. The molecule has 0 aliphatic heterocycles. The van der Waals surface area contributed by atoms with Crippen LogP contribution >= 0.6 is 0 Å². The summed E-state index contributed by atoms with van der Waals surface area (Å²) < 4.78 is 37.8. The molecule has 0 saturated carbocycles. The number of ether oxygens (including phenoxy) is 1. The number of carbonyl (C=O) groups excluding carboxylic acids is 2. The standard InChI is InChI=1S/C22H20F2N2O5/c1-3-26(12-19(27)25-22-16(23)5-4-6-17(22)24)20(28)9-13-10-21(29)31-18-11-14(30-2)7-8-15(13)18/h4-8,10-11H,3,9,12H2,1-2H3,(H,25,27). The molecule has 31 heavy (non-hydrogen) atoms. The molecule has 0 aliphatic carbocycles. The zero-order chi connectivity index (χ0) is 22.5. The lowest BCUT2D eigenvalue weighted by Crippen LogP contribution is -2.39. The van der Waals surface area contributed by atoms with Crippen molar-refractivity contribution in [3.63, 3.8) is 0 Å². The molecule has 0 radical (unpaired) electrons. The highest BCUT2D eigenvalue weighted by Crippen LogP contribution is 2.23. The Labute approximate surface area is 176 Å². The molecular weight excluding hydrogens is 410 g/mol. The van der Waals surface area contributed by atoms with Crippen LogP contribution < -0.4 is 15.7 Å². The van der Waals surface area contributed by atoms with E-state index in [1.807, 2.05) is 0 Å². The van der Waals surface area contributed by atoms with E-state index in [1.54, 1.807) is 25.1 Å². The van der Waals surface area contributed by atoms with Crippen molar-refractivity contribution in [2.24, 2.45) is 0 Å². The Bertz CT molecular complexity index is 1170. The van der Waals surface area contributed by atoms with Gasteiger partial charge in [-0.1, -0.05) is 6.07 Å². The normalized spacial score (nSPS) is 10.7. The highest BCUT2D eigenvalue weighted by molar-refractivity contribution is 5.95. The first-order valence-corrected chi connectivity index (χ1v) is 9.44. The SMILES string of the molecule is CCN(CC(=O)Nc1c(F)cccc1F)C(=O)Cc1cc(=O)oc2cc(OC)ccc12. The minimum Gasteiger partial charge on any atom is -0.497 e. The molecule has 2 aromatic carbocycles. The van der Waals surface area contributed by atoms with Crippen LogP contribution in [-0.4, -0.2) is 36.9 Å². The second-order valence-electron chi connectivity index (χ2n) is 6.68. The minimum absolute atomic E-state index is 0.163. The van der Waals surface area contributed by atoms with Crippen molar-refractivity contribution in [3.8, 4) is 5.75 Å². The van der Waals surface area contributed by atoms with E-state index in [-0.39, 0.29) is 18.5 Å². The Balaban J connectivity index is 1.77. The van der Waals surface area contributed by atoms with Gasteiger partial charge in [0, 0.05) is 24.1 Å². The van der Waals surface area contributed by atoms with E-state index >= 15 is 0 Å². The summed E-state index contributed by atoms with van der Waals surface area (Å²) in [5.41, 5.74) is -0.501. The monoisotopic (exact) mass is 430 g/mol. The molecule has 3 aromatic rings. The molecule has 1 aromatic heterocycles. The Hall–Kier alpha value is -3.75. The Morgan fingerprint density at radius 3 is 2.48 bits per heavy atom. The zero-order valence-electron chi connectivity index (χ0n) is 16.9. The van der Waals surface area contributed by atoms with Crippen molar-refractivity contribution in [1.29, 1.82) is 0 Å². The van der Waals surface area contributed by atoms with Crippen LogP contribution in [0, 0.1) is 11.6 Å². The number of amides is 2. The van der Waals surface area contributed by atoms with E-state index in [4.69, 9.17) is 9.15 Å². The molecule has 1 N–H and O–H groups in total. The fourth-order valence-electron chi connectivity index (χ4n) is 3.10. The molecule has 7 nitrogen and oxygen atoms in total. The summed E-state index contributed by atoms with van der Waals surface area (Å²) in [5.74, 6) is -2.52. The van der Waals surface area contributed by atoms with Crippen molar-refractivity contribution in [1.82, 2.24) is 4.90 Å². The average Bonchev–Trinajstić information content (AvgIpc) is 2.74. The number of nitrogens with one attached hydrogen (secondary N) is 1. The number of hydrogen-bond acceptors (Lipinski definition) is 5. The molecule has 2 amide bonds. The number of benzene rings is 2. The van der Waals surface area contributed by atoms with Gasteiger partial charge in [0.25, 0.3) is 0 Å². The van der Waals surface area contributed by atoms with Gasteiger partial charge < -0.3 is 19.4 Å². The summed E-state index contributed by atoms with van der Waals surface area (Å²) in [5, 5.41) is 2.71. The molecule has 0 bridgehead atoms. The molecule has 1 heterocycles. The Kier molecular flexibility index (Phi) is 6.64. The molecule has 0 aliphatic rings. The number of rotatable bonds is 7. The molecule has 0 unspecified atom stereocenters. The second kappa shape index (κ2) is 9.38. The van der Waals surface area contributed by atoms with Gasteiger partial charge in [0.1, 0.15) is 28.7 Å². The van der Waals surface area contributed by atoms with Crippen LogP contribution in [-0.2, 0) is 16.0 Å². The molecule has 0 fully saturated rings. The van der Waals surface area contributed by atoms with Crippen molar-refractivity contribution in [3.05, 3.63) is 70.1 Å². The van der Waals surface area contributed by atoms with Crippen LogP contribution in [0.4, 0.5) is 14.5 Å². The van der Waals surface area contributed by atoms with Crippen molar-refractivity contribution >= 4 is 28.5 Å². The molecule has 3 rings (SSSR count). The highest BCUT2D eigenvalue weighted by atomic mass is 19.1. The maximum absolute atomic E-state index is 13.7. The zero-order valence-corrected chi connectivity index (χ0v) is 16.9. The summed E-state index contributed by atoms with van der Waals surface area (Å²) in [6.07, 6.45) is -0.163. The van der Waals surface area contributed by atoms with E-state index in [0.717, 1.165) is 12.1 Å². The molecule has 0 spiro atoms. The van der Waals surface area contributed by atoms with Crippen LogP contribution in [0.15, 0.2) is 51.7 Å². The van der Waals surface area contributed by atoms with Crippen molar-refractivity contribution < 1.29 is 27.5 Å². The molecular formula is C22H20F2N2O5. The van der Waals surface area contributed by atoms with E-state index in [2.05, 4.69) is 5.32 Å². The lowest BCUT2D eigenvalue weighted by Gasteiger charge is -2.21. The van der Waals surface area contributed by atoms with Gasteiger partial charge >= 0.3 is 5.63 Å². The summed E-state index contributed by atoms with van der Waals surface area (Å²) in [6.45, 7) is 1.44. The first kappa shape index (κ1) is 21.9. The predicted octanol–water partition coefficient (Wildman–Crippen LogP) is 3.11. The molecule has 9 heteroatoms. The Morgan fingerprint density at radius 1 is 1.13 bits per heavy atom. The third-order valence-electron chi connectivity index (χ3n) is 4.68. The summed E-state index contributed by atoms with van der Waals surface area (Å²) in [7, 11) is 1.48. The van der Waals surface area contributed by atoms with Crippen LogP contribution in [0.5, 0.6) is 5.75 Å². The number of methoxy groups -OCH3 is 1. The van der Waals surface area contributed by atoms with Gasteiger partial charge in [-0.3, -0.25) is 9.59 Å². The lowest BCUT2D eigenvalue weighted by molar-refractivity contribution is -0.133. The van der Waals surface area contributed by atoms with E-state index in [1.165, 1.54) is 24.1 Å². The number of likely N-dealkylation sites (N-methyl/N-ethyl adjacent to an activating group) is 1. The summed E-state index contributed by atoms with van der Waals surface area (Å²) >= 11 is 0. The number of para-hydroxylation sites is 1. The van der Waals surface area contributed by atoms with E-state index in [0.29, 0.717) is 16.7 Å². The number of fused-ring (bicyclic) bond motifs is 1. The van der Waals surface area contributed by atoms with Gasteiger partial charge in [0.2, 0.25) is 11.8 Å². The van der Waals surface area contributed by atoms with Gasteiger partial charge in [-0.05, 0) is 36.8 Å². The Morgan fingerprint density at radius 2 is 1.84 bits per heavy atom. The maximum atomic E-state index is 13.7. The van der Waals surface area contributed by atoms with Gasteiger partial charge in [-0.15, -0.1) is 0 Å². The van der Waals surface area contributed by atoms with Crippen LogP contribution in [0.2, 0.25) is 0 Å². The summed E-state index contributed by atoms with van der Waals surface area (Å²) in [4.78, 5) is 38.2. The third-order valence-corrected chi connectivity index (χ3v) is 4.68. The first-order valence-electron chi connectivity index (χ1n) is 9.44. The van der Waals surface area contributed by atoms with Crippen molar-refractivity contribution in [2.75, 3.05) is 25.5 Å². The predicted molar refractivity (Wildman–Crippen MR) is 110 cm³/mol. The molecule has 0 saturated heterocycles. The number of carbonyl (C=O) groups is 2.